The number of piperazine rings is 1. The van der Waals surface area contributed by atoms with Crippen molar-refractivity contribution < 1.29 is 4.39 Å². The highest BCUT2D eigenvalue weighted by Gasteiger charge is 2.24. The number of nitrogens with one attached hydrogen (secondary N) is 1. The van der Waals surface area contributed by atoms with Crippen LogP contribution in [0.4, 0.5) is 4.39 Å². The third kappa shape index (κ3) is 6.32. The van der Waals surface area contributed by atoms with Crippen LogP contribution in [0.1, 0.15) is 38.3 Å². The summed E-state index contributed by atoms with van der Waals surface area (Å²) in [6.45, 7) is 8.45. The van der Waals surface area contributed by atoms with E-state index in [1.165, 1.54) is 0 Å². The van der Waals surface area contributed by atoms with E-state index in [0.717, 1.165) is 49.1 Å². The van der Waals surface area contributed by atoms with Crippen molar-refractivity contribution in [3.8, 4) is 0 Å². The Hall–Kier alpha value is 0.130. The fraction of sp³-hybridized carbons (Fsp3) is 0.625. The van der Waals surface area contributed by atoms with Crippen molar-refractivity contribution in [3.63, 3.8) is 0 Å². The average molecular weight is 416 g/mol. The molecule has 1 aromatic rings. The van der Waals surface area contributed by atoms with Crippen LogP contribution in [0.15, 0.2) is 22.7 Å². The molecule has 1 aliphatic heterocycles. The summed E-state index contributed by atoms with van der Waals surface area (Å²) >= 11 is 3.34. The van der Waals surface area contributed by atoms with Gasteiger partial charge in [-0.2, -0.15) is 0 Å². The molecule has 22 heavy (non-hydrogen) atoms. The second-order valence-electron chi connectivity index (χ2n) is 5.94. The Morgan fingerprint density at radius 3 is 2.36 bits per heavy atom. The van der Waals surface area contributed by atoms with Gasteiger partial charge < -0.3 is 5.32 Å². The first kappa shape index (κ1) is 22.1. The molecule has 0 radical (unpaired) electrons. The quantitative estimate of drug-likeness (QED) is 0.741. The topological polar surface area (TPSA) is 15.3 Å². The summed E-state index contributed by atoms with van der Waals surface area (Å²) in [4.78, 5) is 2.42. The zero-order chi connectivity index (χ0) is 14.5. The van der Waals surface area contributed by atoms with E-state index in [1.807, 2.05) is 12.1 Å². The highest BCUT2D eigenvalue weighted by Crippen LogP contribution is 2.30. The van der Waals surface area contributed by atoms with Gasteiger partial charge in [0.2, 0.25) is 0 Å². The molecule has 1 N–H and O–H groups in total. The second kappa shape index (κ2) is 10.8. The molecule has 1 heterocycles. The Balaban J connectivity index is 0.00000220. The van der Waals surface area contributed by atoms with Gasteiger partial charge in [-0.1, -0.05) is 35.8 Å². The van der Waals surface area contributed by atoms with E-state index in [2.05, 4.69) is 40.0 Å². The normalized spacial score (nSPS) is 16.8. The van der Waals surface area contributed by atoms with E-state index < -0.39 is 0 Å². The zero-order valence-electron chi connectivity index (χ0n) is 13.1. The number of rotatable bonds is 5. The highest BCUT2D eigenvalue weighted by atomic mass is 79.9. The van der Waals surface area contributed by atoms with Crippen LogP contribution in [0.2, 0.25) is 0 Å². The Morgan fingerprint density at radius 2 is 1.82 bits per heavy atom. The van der Waals surface area contributed by atoms with Crippen LogP contribution in [0.5, 0.6) is 0 Å². The largest absolute Gasteiger partial charge is 0.314 e. The fourth-order valence-electron chi connectivity index (χ4n) is 2.79. The van der Waals surface area contributed by atoms with Crippen molar-refractivity contribution in [2.45, 2.75) is 32.7 Å². The van der Waals surface area contributed by atoms with Gasteiger partial charge in [0, 0.05) is 42.3 Å². The molecular formula is C16H26BrCl2FN2. The third-order valence-corrected chi connectivity index (χ3v) is 4.42. The Morgan fingerprint density at radius 1 is 1.18 bits per heavy atom. The average Bonchev–Trinajstić information content (AvgIpc) is 2.42. The lowest BCUT2D eigenvalue weighted by atomic mass is 9.95. The molecule has 128 valence electrons. The molecule has 0 aromatic heterocycles. The Kier molecular flexibility index (Phi) is 10.9. The summed E-state index contributed by atoms with van der Waals surface area (Å²) in [6.07, 6.45) is 2.15. The Bertz CT molecular complexity index is 440. The highest BCUT2D eigenvalue weighted by molar-refractivity contribution is 9.10. The minimum atomic E-state index is -0.0911. The molecule has 1 aliphatic rings. The van der Waals surface area contributed by atoms with Crippen molar-refractivity contribution in [1.29, 1.82) is 0 Å². The molecule has 1 fully saturated rings. The van der Waals surface area contributed by atoms with Gasteiger partial charge >= 0.3 is 0 Å². The SMILES string of the molecule is CC(C)CC[C@@H](c1ccc(Br)cc1F)N1CCNCC1.Cl.Cl. The summed E-state index contributed by atoms with van der Waals surface area (Å²) in [6, 6.07) is 5.67. The Labute approximate surface area is 154 Å². The van der Waals surface area contributed by atoms with Gasteiger partial charge in [0.25, 0.3) is 0 Å². The van der Waals surface area contributed by atoms with Crippen LogP contribution in [0.25, 0.3) is 0 Å². The van der Waals surface area contributed by atoms with Crippen LogP contribution in [-0.2, 0) is 0 Å². The van der Waals surface area contributed by atoms with Crippen LogP contribution >= 0.6 is 40.7 Å². The van der Waals surface area contributed by atoms with Gasteiger partial charge in [0.15, 0.2) is 0 Å². The van der Waals surface area contributed by atoms with Gasteiger partial charge in [-0.15, -0.1) is 24.8 Å². The predicted molar refractivity (Wildman–Crippen MR) is 99.9 cm³/mol. The monoisotopic (exact) mass is 414 g/mol. The second-order valence-corrected chi connectivity index (χ2v) is 6.85. The summed E-state index contributed by atoms with van der Waals surface area (Å²) in [5.74, 6) is 0.561. The van der Waals surface area contributed by atoms with E-state index in [4.69, 9.17) is 0 Å². The van der Waals surface area contributed by atoms with Crippen molar-refractivity contribution in [1.82, 2.24) is 10.2 Å². The number of benzene rings is 1. The lowest BCUT2D eigenvalue weighted by molar-refractivity contribution is 0.156. The maximum Gasteiger partial charge on any atom is 0.129 e. The standard InChI is InChI=1S/C16H24BrFN2.2ClH/c1-12(2)3-6-16(20-9-7-19-8-10-20)14-5-4-13(17)11-15(14)18;;/h4-5,11-12,16,19H,3,6-10H2,1-2H3;2*1H/t16-;;/m0../s1. The number of hydrogen-bond donors (Lipinski definition) is 1. The smallest absolute Gasteiger partial charge is 0.129 e. The van der Waals surface area contributed by atoms with Crippen LogP contribution in [0.3, 0.4) is 0 Å². The number of nitrogens with zero attached hydrogens (tertiary/aromatic N) is 1. The minimum absolute atomic E-state index is 0. The van der Waals surface area contributed by atoms with Crippen LogP contribution < -0.4 is 5.32 Å². The fourth-order valence-corrected chi connectivity index (χ4v) is 3.12. The molecule has 0 amide bonds. The van der Waals surface area contributed by atoms with E-state index in [0.29, 0.717) is 5.92 Å². The third-order valence-electron chi connectivity index (χ3n) is 3.93. The van der Waals surface area contributed by atoms with Gasteiger partial charge in [0.1, 0.15) is 5.82 Å². The summed E-state index contributed by atoms with van der Waals surface area (Å²) in [5, 5.41) is 3.37. The zero-order valence-corrected chi connectivity index (χ0v) is 16.4. The van der Waals surface area contributed by atoms with Crippen molar-refractivity contribution >= 4 is 40.7 Å². The summed E-state index contributed by atoms with van der Waals surface area (Å²) in [5.41, 5.74) is 0.843. The molecule has 0 unspecified atom stereocenters. The van der Waals surface area contributed by atoms with Crippen LogP contribution in [-0.4, -0.2) is 31.1 Å². The molecule has 6 heteroatoms. The van der Waals surface area contributed by atoms with Crippen molar-refractivity contribution in [2.75, 3.05) is 26.2 Å². The van der Waals surface area contributed by atoms with Crippen LogP contribution in [0, 0.1) is 11.7 Å². The first-order valence-corrected chi connectivity index (χ1v) is 8.27. The molecule has 1 atom stereocenters. The van der Waals surface area contributed by atoms with Crippen molar-refractivity contribution in [2.24, 2.45) is 5.92 Å². The van der Waals surface area contributed by atoms with Gasteiger partial charge in [0.05, 0.1) is 0 Å². The molecule has 0 bridgehead atoms. The van der Waals surface area contributed by atoms with E-state index in [-0.39, 0.29) is 36.7 Å². The van der Waals surface area contributed by atoms with E-state index in [1.54, 1.807) is 6.07 Å². The molecule has 0 spiro atoms. The number of halogens is 4. The van der Waals surface area contributed by atoms with Gasteiger partial charge in [-0.25, -0.2) is 4.39 Å². The molecule has 0 aliphatic carbocycles. The molecular weight excluding hydrogens is 390 g/mol. The molecule has 1 saturated heterocycles. The molecule has 2 nitrogen and oxygen atoms in total. The lowest BCUT2D eigenvalue weighted by Gasteiger charge is -2.35. The predicted octanol–water partition coefficient (Wildman–Crippen LogP) is 4.81. The molecule has 1 aromatic carbocycles. The molecule has 0 saturated carbocycles. The maximum absolute atomic E-state index is 14.3. The summed E-state index contributed by atoms with van der Waals surface area (Å²) in [7, 11) is 0. The first-order valence-electron chi connectivity index (χ1n) is 7.47. The van der Waals surface area contributed by atoms with E-state index >= 15 is 0 Å². The first-order chi connectivity index (χ1) is 9.58. The minimum Gasteiger partial charge on any atom is -0.314 e. The number of hydrogen-bond acceptors (Lipinski definition) is 2. The van der Waals surface area contributed by atoms with Gasteiger partial charge in [-0.3, -0.25) is 4.90 Å². The summed E-state index contributed by atoms with van der Waals surface area (Å²) < 4.78 is 15.1. The molecule has 2 rings (SSSR count). The maximum atomic E-state index is 14.3. The van der Waals surface area contributed by atoms with Crippen molar-refractivity contribution in [3.05, 3.63) is 34.1 Å². The van der Waals surface area contributed by atoms with E-state index in [9.17, 15) is 4.39 Å². The van der Waals surface area contributed by atoms with Gasteiger partial charge in [-0.05, 0) is 30.9 Å². The lowest BCUT2D eigenvalue weighted by Crippen LogP contribution is -2.45.